The van der Waals surface area contributed by atoms with Crippen LogP contribution >= 0.6 is 0 Å². The van der Waals surface area contributed by atoms with Crippen molar-refractivity contribution in [3.05, 3.63) is 77.7 Å². The Kier molecular flexibility index (Phi) is 6.62. The molecule has 1 fully saturated rings. The first-order chi connectivity index (χ1) is 15.1. The summed E-state index contributed by atoms with van der Waals surface area (Å²) in [4.78, 5) is 17.2. The van der Waals surface area contributed by atoms with Crippen LogP contribution in [0.4, 0.5) is 4.39 Å². The van der Waals surface area contributed by atoms with Crippen molar-refractivity contribution in [2.24, 2.45) is 5.92 Å². The minimum Gasteiger partial charge on any atom is -0.367 e. The number of nitrogens with zero attached hydrogens (tertiary/aromatic N) is 1. The summed E-state index contributed by atoms with van der Waals surface area (Å²) in [6.07, 6.45) is 5.30. The molecule has 2 aromatic carbocycles. The molecule has 31 heavy (non-hydrogen) atoms. The van der Waals surface area contributed by atoms with E-state index >= 15 is 0 Å². The van der Waals surface area contributed by atoms with Crippen LogP contribution in [0.25, 0.3) is 10.9 Å². The minimum absolute atomic E-state index is 0.0708. The molecule has 5 heteroatoms. The summed E-state index contributed by atoms with van der Waals surface area (Å²) in [5.41, 5.74) is 2.88. The number of carbonyl (C=O) groups is 1. The quantitative estimate of drug-likeness (QED) is 0.570. The number of ether oxygens (including phenoxy) is 1. The number of pyridine rings is 1. The highest BCUT2D eigenvalue weighted by Crippen LogP contribution is 2.39. The van der Waals surface area contributed by atoms with E-state index < -0.39 is 6.10 Å². The number of halogens is 1. The lowest BCUT2D eigenvalue weighted by Gasteiger charge is -2.33. The molecular weight excluding hydrogens is 391 g/mol. The van der Waals surface area contributed by atoms with Crippen molar-refractivity contribution in [3.8, 4) is 0 Å². The van der Waals surface area contributed by atoms with Crippen molar-refractivity contribution in [3.63, 3.8) is 0 Å². The van der Waals surface area contributed by atoms with Crippen molar-refractivity contribution in [1.29, 1.82) is 0 Å². The molecule has 2 atom stereocenters. The molecule has 4 rings (SSSR count). The number of amides is 1. The Morgan fingerprint density at radius 1 is 1.10 bits per heavy atom. The maximum atomic E-state index is 13.8. The molecular formula is C26H29FN2O2. The lowest BCUT2D eigenvalue weighted by molar-refractivity contribution is -0.132. The van der Waals surface area contributed by atoms with E-state index in [1.165, 1.54) is 11.6 Å². The third kappa shape index (κ3) is 4.77. The second-order valence-corrected chi connectivity index (χ2v) is 8.50. The second kappa shape index (κ2) is 9.56. The fourth-order valence-electron chi connectivity index (χ4n) is 4.87. The normalized spacial score (nSPS) is 20.9. The maximum Gasteiger partial charge on any atom is 0.253 e. The first-order valence-electron chi connectivity index (χ1n) is 11.0. The Balaban J connectivity index is 1.39. The molecule has 0 bridgehead atoms. The van der Waals surface area contributed by atoms with E-state index in [9.17, 15) is 9.18 Å². The van der Waals surface area contributed by atoms with Gasteiger partial charge in [-0.25, -0.2) is 4.39 Å². The van der Waals surface area contributed by atoms with Crippen LogP contribution < -0.4 is 5.32 Å². The third-order valence-electron chi connectivity index (χ3n) is 6.60. The molecule has 0 saturated heterocycles. The zero-order valence-electron chi connectivity index (χ0n) is 18.1. The molecule has 0 radical (unpaired) electrons. The molecule has 0 spiro atoms. The number of carbonyl (C=O) groups excluding carboxylic acids is 1. The van der Waals surface area contributed by atoms with Crippen molar-refractivity contribution in [2.75, 3.05) is 7.11 Å². The van der Waals surface area contributed by atoms with Gasteiger partial charge in [-0.1, -0.05) is 30.3 Å². The second-order valence-electron chi connectivity index (χ2n) is 8.50. The van der Waals surface area contributed by atoms with Crippen LogP contribution in [0, 0.1) is 11.7 Å². The number of rotatable bonds is 6. The third-order valence-corrected chi connectivity index (χ3v) is 6.60. The molecule has 1 heterocycles. The van der Waals surface area contributed by atoms with Gasteiger partial charge in [0.1, 0.15) is 5.82 Å². The highest BCUT2D eigenvalue weighted by Gasteiger charge is 2.29. The van der Waals surface area contributed by atoms with Gasteiger partial charge in [0, 0.05) is 24.7 Å². The molecule has 4 nitrogen and oxygen atoms in total. The van der Waals surface area contributed by atoms with Crippen LogP contribution in [0.1, 0.15) is 55.8 Å². The van der Waals surface area contributed by atoms with Crippen LogP contribution in [0.2, 0.25) is 0 Å². The first-order valence-corrected chi connectivity index (χ1v) is 11.0. The monoisotopic (exact) mass is 420 g/mol. The van der Waals surface area contributed by atoms with Crippen molar-refractivity contribution in [2.45, 2.75) is 50.7 Å². The summed E-state index contributed by atoms with van der Waals surface area (Å²) >= 11 is 0. The molecule has 0 aliphatic heterocycles. The number of hydrogen-bond donors (Lipinski definition) is 1. The molecule has 1 aromatic heterocycles. The van der Waals surface area contributed by atoms with E-state index in [-0.39, 0.29) is 17.8 Å². The Morgan fingerprint density at radius 3 is 2.55 bits per heavy atom. The van der Waals surface area contributed by atoms with Gasteiger partial charge in [-0.3, -0.25) is 9.78 Å². The zero-order valence-corrected chi connectivity index (χ0v) is 18.1. The van der Waals surface area contributed by atoms with Gasteiger partial charge in [-0.2, -0.15) is 0 Å². The first kappa shape index (κ1) is 21.4. The summed E-state index contributed by atoms with van der Waals surface area (Å²) in [6.45, 7) is 2.08. The van der Waals surface area contributed by atoms with Gasteiger partial charge in [-0.05, 0) is 79.8 Å². The molecule has 3 aromatic rings. The van der Waals surface area contributed by atoms with Crippen LogP contribution in [0.15, 0.2) is 60.8 Å². The van der Waals surface area contributed by atoms with E-state index in [1.54, 1.807) is 19.2 Å². The number of methoxy groups -OCH3 is 1. The summed E-state index contributed by atoms with van der Waals surface area (Å²) in [5, 5.41) is 4.08. The summed E-state index contributed by atoms with van der Waals surface area (Å²) in [7, 11) is 1.56. The SMILES string of the molecule is CO[C@@H](C(=O)N[C@H](C)C1CCC(c2ccnc3ccc(F)cc23)CC1)c1ccccc1. The number of aromatic nitrogens is 1. The van der Waals surface area contributed by atoms with Gasteiger partial charge in [0.25, 0.3) is 5.91 Å². The van der Waals surface area contributed by atoms with E-state index in [1.807, 2.05) is 42.6 Å². The van der Waals surface area contributed by atoms with Gasteiger partial charge in [0.05, 0.1) is 5.52 Å². The van der Waals surface area contributed by atoms with E-state index in [0.29, 0.717) is 11.8 Å². The molecule has 1 aliphatic rings. The summed E-state index contributed by atoms with van der Waals surface area (Å²) in [6, 6.07) is 16.5. The van der Waals surface area contributed by atoms with E-state index in [2.05, 4.69) is 17.2 Å². The van der Waals surface area contributed by atoms with Crippen LogP contribution in [-0.4, -0.2) is 24.0 Å². The van der Waals surface area contributed by atoms with Crippen molar-refractivity contribution < 1.29 is 13.9 Å². The Labute approximate surface area is 182 Å². The Morgan fingerprint density at radius 2 is 1.84 bits per heavy atom. The van der Waals surface area contributed by atoms with E-state index in [0.717, 1.165) is 42.1 Å². The highest BCUT2D eigenvalue weighted by molar-refractivity contribution is 5.83. The predicted molar refractivity (Wildman–Crippen MR) is 120 cm³/mol. The topological polar surface area (TPSA) is 51.2 Å². The molecule has 0 unspecified atom stereocenters. The van der Waals surface area contributed by atoms with Crippen LogP contribution in [0.5, 0.6) is 0 Å². The average Bonchev–Trinajstić information content (AvgIpc) is 2.80. The largest absolute Gasteiger partial charge is 0.367 e. The predicted octanol–water partition coefficient (Wildman–Crippen LogP) is 5.54. The zero-order chi connectivity index (χ0) is 21.8. The number of fused-ring (bicyclic) bond motifs is 1. The fourth-order valence-corrected chi connectivity index (χ4v) is 4.87. The summed E-state index contributed by atoms with van der Waals surface area (Å²) < 4.78 is 19.3. The molecule has 1 N–H and O–H groups in total. The van der Waals surface area contributed by atoms with Gasteiger partial charge >= 0.3 is 0 Å². The number of nitrogens with one attached hydrogen (secondary N) is 1. The smallest absolute Gasteiger partial charge is 0.253 e. The standard InChI is InChI=1S/C26H29FN2O2/c1-17(29-26(30)25(31-2)20-6-4-3-5-7-20)18-8-10-19(11-9-18)22-14-15-28-24-13-12-21(27)16-23(22)24/h3-7,12-19,25H,8-11H2,1-2H3,(H,29,30)/t17-,18?,19?,25-/m1/s1. The van der Waals surface area contributed by atoms with Crippen molar-refractivity contribution >= 4 is 16.8 Å². The fraction of sp³-hybridized carbons (Fsp3) is 0.385. The van der Waals surface area contributed by atoms with Gasteiger partial charge in [0.15, 0.2) is 6.10 Å². The minimum atomic E-state index is -0.599. The van der Waals surface area contributed by atoms with Gasteiger partial charge in [-0.15, -0.1) is 0 Å². The average molecular weight is 421 g/mol. The highest BCUT2D eigenvalue weighted by atomic mass is 19.1. The molecule has 1 saturated carbocycles. The van der Waals surface area contributed by atoms with Gasteiger partial charge in [0.2, 0.25) is 0 Å². The Hall–Kier alpha value is -2.79. The lowest BCUT2D eigenvalue weighted by Crippen LogP contribution is -2.42. The van der Waals surface area contributed by atoms with Crippen molar-refractivity contribution in [1.82, 2.24) is 10.3 Å². The molecule has 162 valence electrons. The molecule has 1 aliphatic carbocycles. The number of benzene rings is 2. The summed E-state index contributed by atoms with van der Waals surface area (Å²) in [5.74, 6) is 0.484. The molecule has 1 amide bonds. The van der Waals surface area contributed by atoms with Gasteiger partial charge < -0.3 is 10.1 Å². The number of hydrogen-bond acceptors (Lipinski definition) is 3. The van der Waals surface area contributed by atoms with Crippen LogP contribution in [0.3, 0.4) is 0 Å². The van der Waals surface area contributed by atoms with E-state index in [4.69, 9.17) is 4.74 Å². The lowest BCUT2D eigenvalue weighted by atomic mass is 9.75. The maximum absolute atomic E-state index is 13.8. The Bertz CT molecular complexity index is 1030. The van der Waals surface area contributed by atoms with Crippen LogP contribution in [-0.2, 0) is 9.53 Å².